The van der Waals surface area contributed by atoms with Gasteiger partial charge in [-0.2, -0.15) is 0 Å². The van der Waals surface area contributed by atoms with Gasteiger partial charge in [0.15, 0.2) is 6.61 Å². The number of rotatable bonds is 3. The third-order valence-electron chi connectivity index (χ3n) is 4.91. The quantitative estimate of drug-likeness (QED) is 0.814. The molecule has 0 saturated carbocycles. The Morgan fingerprint density at radius 2 is 1.78 bits per heavy atom. The van der Waals surface area contributed by atoms with Gasteiger partial charge in [0, 0.05) is 36.9 Å². The van der Waals surface area contributed by atoms with Crippen LogP contribution in [-0.2, 0) is 9.59 Å². The van der Waals surface area contributed by atoms with E-state index in [0.29, 0.717) is 29.5 Å². The van der Waals surface area contributed by atoms with Crippen LogP contribution in [0.25, 0.3) is 0 Å². The molecule has 2 amide bonds. The number of carbonyl (C=O) groups excluding carboxylic acids is 2. The molecule has 2 aromatic rings. The molecule has 140 valence electrons. The molecule has 0 bridgehead atoms. The van der Waals surface area contributed by atoms with Crippen LogP contribution >= 0.6 is 11.6 Å². The highest BCUT2D eigenvalue weighted by atomic mass is 35.5. The third-order valence-corrected chi connectivity index (χ3v) is 5.15. The van der Waals surface area contributed by atoms with Crippen LogP contribution in [0.15, 0.2) is 48.5 Å². The number of ether oxygens (including phenoxy) is 1. The largest absolute Gasteiger partial charge is 0.482 e. The van der Waals surface area contributed by atoms with Crippen molar-refractivity contribution in [1.82, 2.24) is 4.90 Å². The molecule has 0 aromatic heterocycles. The van der Waals surface area contributed by atoms with Crippen LogP contribution in [0.5, 0.6) is 5.75 Å². The number of hydrogen-bond donors (Lipinski definition) is 0. The van der Waals surface area contributed by atoms with Gasteiger partial charge in [0.1, 0.15) is 12.3 Å². The lowest BCUT2D eigenvalue weighted by Crippen LogP contribution is -2.53. The fraction of sp³-hybridized carbons (Fsp3) is 0.300. The van der Waals surface area contributed by atoms with Crippen molar-refractivity contribution >= 4 is 34.8 Å². The van der Waals surface area contributed by atoms with Crippen LogP contribution < -0.4 is 14.5 Å². The van der Waals surface area contributed by atoms with Gasteiger partial charge in [-0.3, -0.25) is 14.5 Å². The van der Waals surface area contributed by atoms with Crippen molar-refractivity contribution in [2.75, 3.05) is 49.1 Å². The summed E-state index contributed by atoms with van der Waals surface area (Å²) >= 11 is 6.05. The highest BCUT2D eigenvalue weighted by Crippen LogP contribution is 2.34. The number of fused-ring (bicyclic) bond motifs is 1. The van der Waals surface area contributed by atoms with E-state index in [4.69, 9.17) is 16.3 Å². The van der Waals surface area contributed by atoms with Crippen LogP contribution in [0.3, 0.4) is 0 Å². The molecule has 2 aliphatic rings. The smallest absolute Gasteiger partial charge is 0.265 e. The SMILES string of the molecule is O=C(CN1C(=O)COc2ccc(Cl)cc21)N1CCN(c2ccccc2)CC1. The number of hydrogen-bond acceptors (Lipinski definition) is 4. The zero-order valence-corrected chi connectivity index (χ0v) is 15.6. The van der Waals surface area contributed by atoms with Crippen molar-refractivity contribution in [3.05, 3.63) is 53.6 Å². The van der Waals surface area contributed by atoms with E-state index in [1.165, 1.54) is 4.90 Å². The molecule has 0 radical (unpaired) electrons. The van der Waals surface area contributed by atoms with Crippen molar-refractivity contribution in [2.24, 2.45) is 0 Å². The molecule has 7 heteroatoms. The zero-order chi connectivity index (χ0) is 18.8. The average molecular weight is 386 g/mol. The van der Waals surface area contributed by atoms with Crippen LogP contribution in [0.4, 0.5) is 11.4 Å². The first-order chi connectivity index (χ1) is 13.1. The number of anilines is 2. The van der Waals surface area contributed by atoms with Gasteiger partial charge in [0.2, 0.25) is 5.91 Å². The summed E-state index contributed by atoms with van der Waals surface area (Å²) in [5.41, 5.74) is 1.71. The first-order valence-electron chi connectivity index (χ1n) is 8.92. The van der Waals surface area contributed by atoms with Crippen molar-refractivity contribution in [3.63, 3.8) is 0 Å². The van der Waals surface area contributed by atoms with Crippen molar-refractivity contribution < 1.29 is 14.3 Å². The van der Waals surface area contributed by atoms with Gasteiger partial charge in [0.25, 0.3) is 5.91 Å². The number of amides is 2. The summed E-state index contributed by atoms with van der Waals surface area (Å²) in [5, 5.41) is 0.501. The molecule has 2 heterocycles. The van der Waals surface area contributed by atoms with Gasteiger partial charge in [-0.25, -0.2) is 0 Å². The zero-order valence-electron chi connectivity index (χ0n) is 14.8. The van der Waals surface area contributed by atoms with Crippen molar-refractivity contribution in [1.29, 1.82) is 0 Å². The molecule has 2 aromatic carbocycles. The topological polar surface area (TPSA) is 53.1 Å². The molecule has 1 saturated heterocycles. The molecular weight excluding hydrogens is 366 g/mol. The van der Waals surface area contributed by atoms with Gasteiger partial charge >= 0.3 is 0 Å². The minimum absolute atomic E-state index is 0.000866. The molecule has 0 atom stereocenters. The van der Waals surface area contributed by atoms with Crippen LogP contribution in [0.1, 0.15) is 0 Å². The summed E-state index contributed by atoms with van der Waals surface area (Å²) in [4.78, 5) is 30.6. The summed E-state index contributed by atoms with van der Waals surface area (Å²) in [7, 11) is 0. The van der Waals surface area contributed by atoms with E-state index in [2.05, 4.69) is 17.0 Å². The second kappa shape index (κ2) is 7.48. The van der Waals surface area contributed by atoms with Gasteiger partial charge in [-0.05, 0) is 30.3 Å². The standard InChI is InChI=1S/C20H20ClN3O3/c21-15-6-7-18-17(12-15)24(20(26)14-27-18)13-19(25)23-10-8-22(9-11-23)16-4-2-1-3-5-16/h1-7,12H,8-11,13-14H2. The number of nitrogens with zero attached hydrogens (tertiary/aromatic N) is 3. The van der Waals surface area contributed by atoms with E-state index in [0.717, 1.165) is 18.8 Å². The molecule has 0 aliphatic carbocycles. The van der Waals surface area contributed by atoms with Gasteiger partial charge in [-0.1, -0.05) is 29.8 Å². The highest BCUT2D eigenvalue weighted by molar-refractivity contribution is 6.31. The molecule has 6 nitrogen and oxygen atoms in total. The fourth-order valence-corrected chi connectivity index (χ4v) is 3.60. The third kappa shape index (κ3) is 3.71. The molecule has 0 spiro atoms. The molecule has 27 heavy (non-hydrogen) atoms. The molecule has 0 unspecified atom stereocenters. The van der Waals surface area contributed by atoms with E-state index in [-0.39, 0.29) is 25.0 Å². The summed E-state index contributed by atoms with van der Waals surface area (Å²) in [6.07, 6.45) is 0. The van der Waals surface area contributed by atoms with Crippen molar-refractivity contribution in [2.45, 2.75) is 0 Å². The molecule has 0 N–H and O–H groups in total. The van der Waals surface area contributed by atoms with Gasteiger partial charge in [-0.15, -0.1) is 0 Å². The first-order valence-corrected chi connectivity index (χ1v) is 9.30. The second-order valence-electron chi connectivity index (χ2n) is 6.58. The summed E-state index contributed by atoms with van der Waals surface area (Å²) < 4.78 is 5.43. The maximum atomic E-state index is 12.8. The molecule has 2 aliphatic heterocycles. The Hall–Kier alpha value is -2.73. The van der Waals surface area contributed by atoms with Gasteiger partial charge < -0.3 is 14.5 Å². The van der Waals surface area contributed by atoms with Crippen LogP contribution in [-0.4, -0.2) is 56.0 Å². The number of carbonyl (C=O) groups is 2. The number of benzene rings is 2. The average Bonchev–Trinajstić information content (AvgIpc) is 2.71. The summed E-state index contributed by atoms with van der Waals surface area (Å²) in [6.45, 7) is 2.75. The Bertz CT molecular complexity index is 851. The van der Waals surface area contributed by atoms with E-state index in [9.17, 15) is 9.59 Å². The van der Waals surface area contributed by atoms with E-state index in [1.54, 1.807) is 18.2 Å². The monoisotopic (exact) mass is 385 g/mol. The van der Waals surface area contributed by atoms with Crippen LogP contribution in [0, 0.1) is 0 Å². The Morgan fingerprint density at radius 3 is 2.52 bits per heavy atom. The summed E-state index contributed by atoms with van der Waals surface area (Å²) in [5.74, 6) is 0.269. The molecular formula is C20H20ClN3O3. The van der Waals surface area contributed by atoms with Gasteiger partial charge in [0.05, 0.1) is 5.69 Å². The van der Waals surface area contributed by atoms with Crippen molar-refractivity contribution in [3.8, 4) is 5.75 Å². The normalized spacial score (nSPS) is 16.8. The highest BCUT2D eigenvalue weighted by Gasteiger charge is 2.30. The fourth-order valence-electron chi connectivity index (χ4n) is 3.44. The maximum Gasteiger partial charge on any atom is 0.265 e. The second-order valence-corrected chi connectivity index (χ2v) is 7.02. The van der Waals surface area contributed by atoms with E-state index >= 15 is 0 Å². The number of halogens is 1. The lowest BCUT2D eigenvalue weighted by atomic mass is 10.2. The van der Waals surface area contributed by atoms with E-state index in [1.807, 2.05) is 23.1 Å². The lowest BCUT2D eigenvalue weighted by molar-refractivity contribution is -0.132. The molecule has 1 fully saturated rings. The maximum absolute atomic E-state index is 12.8. The Morgan fingerprint density at radius 1 is 1.04 bits per heavy atom. The lowest BCUT2D eigenvalue weighted by Gasteiger charge is -2.37. The Kier molecular flexibility index (Phi) is 4.90. The van der Waals surface area contributed by atoms with E-state index < -0.39 is 0 Å². The summed E-state index contributed by atoms with van der Waals surface area (Å²) in [6, 6.07) is 15.3. The predicted octanol–water partition coefficient (Wildman–Crippen LogP) is 2.41. The predicted molar refractivity (Wildman–Crippen MR) is 105 cm³/mol. The first kappa shape index (κ1) is 17.7. The Balaban J connectivity index is 1.42. The minimum Gasteiger partial charge on any atom is -0.482 e. The number of piperazine rings is 1. The van der Waals surface area contributed by atoms with Crippen LogP contribution in [0.2, 0.25) is 5.02 Å². The molecule has 4 rings (SSSR count). The number of para-hydroxylation sites is 1. The minimum atomic E-state index is -0.235. The Labute approximate surface area is 162 Å².